The Labute approximate surface area is 268 Å². The molecule has 0 radical (unpaired) electrons. The van der Waals surface area contributed by atoms with Crippen LogP contribution in [0.3, 0.4) is 0 Å². The fraction of sp³-hybridized carbons (Fsp3) is 0.714. The Morgan fingerprint density at radius 1 is 1.09 bits per heavy atom. The molecule has 2 N–H and O–H groups in total. The maximum absolute atomic E-state index is 14.6. The summed E-state index contributed by atoms with van der Waals surface area (Å²) in [4.78, 5) is 56.3. The van der Waals surface area contributed by atoms with Crippen LogP contribution in [-0.4, -0.2) is 95.6 Å². The molecule has 1 spiro atoms. The fourth-order valence-electron chi connectivity index (χ4n) is 12.5. The van der Waals surface area contributed by atoms with E-state index in [2.05, 4.69) is 11.8 Å². The highest BCUT2D eigenvalue weighted by atomic mass is 16.6. The van der Waals surface area contributed by atoms with Gasteiger partial charge >= 0.3 is 11.9 Å². The third-order valence-electron chi connectivity index (χ3n) is 13.7. The Kier molecular flexibility index (Phi) is 6.84. The highest BCUT2D eigenvalue weighted by Gasteiger charge is 2.85. The van der Waals surface area contributed by atoms with E-state index in [0.29, 0.717) is 32.2 Å². The van der Waals surface area contributed by atoms with Gasteiger partial charge in [0, 0.05) is 74.5 Å². The van der Waals surface area contributed by atoms with Crippen LogP contribution in [0.1, 0.15) is 69.2 Å². The van der Waals surface area contributed by atoms with Crippen LogP contribution >= 0.6 is 0 Å². The Hall–Kier alpha value is -2.86. The van der Waals surface area contributed by atoms with Gasteiger partial charge in [0.2, 0.25) is 11.8 Å². The van der Waals surface area contributed by atoms with Gasteiger partial charge in [0.1, 0.15) is 11.7 Å². The number of benzene rings is 1. The van der Waals surface area contributed by atoms with Gasteiger partial charge in [0.15, 0.2) is 0 Å². The van der Waals surface area contributed by atoms with E-state index in [0.717, 1.165) is 17.9 Å². The topological polar surface area (TPSA) is 143 Å². The van der Waals surface area contributed by atoms with Crippen molar-refractivity contribution < 1.29 is 43.6 Å². The molecule has 1 aromatic carbocycles. The van der Waals surface area contributed by atoms with Crippen LogP contribution in [0.25, 0.3) is 0 Å². The third-order valence-corrected chi connectivity index (χ3v) is 13.7. The monoisotopic (exact) mass is 636 g/mol. The number of nitrogens with zero attached hydrogens (tertiary/aromatic N) is 2. The van der Waals surface area contributed by atoms with Crippen molar-refractivity contribution in [2.45, 2.75) is 88.7 Å². The number of esters is 2. The number of imide groups is 1. The number of methoxy groups -OCH3 is 1. The average Bonchev–Trinajstić information content (AvgIpc) is 3.63. The number of aliphatic hydroxyl groups excluding tert-OH is 2. The number of fused-ring (bicyclic) bond motifs is 2. The minimum atomic E-state index is -1.12. The number of piperidine rings is 1. The van der Waals surface area contributed by atoms with Gasteiger partial charge in [-0.05, 0) is 56.2 Å². The van der Waals surface area contributed by atoms with Gasteiger partial charge in [-0.2, -0.15) is 0 Å². The van der Waals surface area contributed by atoms with E-state index in [1.165, 1.54) is 6.92 Å². The van der Waals surface area contributed by atoms with E-state index >= 15 is 0 Å². The lowest BCUT2D eigenvalue weighted by Crippen LogP contribution is -2.76. The standard InChI is InChI=1S/C35H44N2O9/c1-4-36-16-33(17-38)12-11-26(40)35-21-13-20-24(44-3)15-34(22(31(35)36)14-25(33)35,29(21)30(20)45-18(2)39)46-32(43)19-7-5-6-8-23(19)37-27(41)9-10-28(37)42/h5-8,20-22,24-26,29-31,38,40H,4,9-17H2,1-3H3. The predicted octanol–water partition coefficient (Wildman–Crippen LogP) is 2.31. The van der Waals surface area contributed by atoms with Crippen molar-refractivity contribution in [2.75, 3.05) is 31.7 Å². The molecule has 8 rings (SSSR count). The number of para-hydroxylation sites is 1. The van der Waals surface area contributed by atoms with Gasteiger partial charge in [-0.25, -0.2) is 9.69 Å². The maximum Gasteiger partial charge on any atom is 0.340 e. The number of carbonyl (C=O) groups is 4. The summed E-state index contributed by atoms with van der Waals surface area (Å²) in [5.41, 5.74) is -1.71. The molecular formula is C35H44N2O9. The van der Waals surface area contributed by atoms with Gasteiger partial charge < -0.3 is 24.4 Å². The highest BCUT2D eigenvalue weighted by molar-refractivity contribution is 6.21. The second-order valence-corrected chi connectivity index (χ2v) is 15.0. The van der Waals surface area contributed by atoms with Gasteiger partial charge in [0.25, 0.3) is 0 Å². The number of likely N-dealkylation sites (tertiary alicyclic amines) is 1. The van der Waals surface area contributed by atoms with Crippen molar-refractivity contribution in [3.8, 4) is 0 Å². The summed E-state index contributed by atoms with van der Waals surface area (Å²) >= 11 is 0. The molecular weight excluding hydrogens is 592 g/mol. The second kappa shape index (κ2) is 10.3. The number of rotatable bonds is 7. The molecule has 0 aromatic heterocycles. The number of amides is 2. The molecule has 2 heterocycles. The lowest BCUT2D eigenvalue weighted by atomic mass is 9.43. The summed E-state index contributed by atoms with van der Waals surface area (Å²) in [5.74, 6) is -2.62. The SMILES string of the molecule is CCN1CC2(CO)CCC(O)C34C5CC6C(OC)CC(OC(=O)c7ccccc7N7C(=O)CCC7=O)(C(CC23)C14)C5C6OC(C)=O. The van der Waals surface area contributed by atoms with Crippen molar-refractivity contribution in [3.63, 3.8) is 0 Å². The minimum Gasteiger partial charge on any atom is -0.462 e. The lowest BCUT2D eigenvalue weighted by molar-refractivity contribution is -0.272. The van der Waals surface area contributed by atoms with Gasteiger partial charge in [-0.3, -0.25) is 19.3 Å². The van der Waals surface area contributed by atoms with Crippen molar-refractivity contribution in [1.82, 2.24) is 4.90 Å². The largest absolute Gasteiger partial charge is 0.462 e. The highest BCUT2D eigenvalue weighted by Crippen LogP contribution is 2.79. The molecule has 12 unspecified atom stereocenters. The van der Waals surface area contributed by atoms with E-state index in [9.17, 15) is 29.4 Å². The molecule has 12 atom stereocenters. The summed E-state index contributed by atoms with van der Waals surface area (Å²) in [7, 11) is 1.65. The zero-order valence-corrected chi connectivity index (χ0v) is 26.7. The van der Waals surface area contributed by atoms with E-state index < -0.39 is 35.2 Å². The van der Waals surface area contributed by atoms with Crippen molar-refractivity contribution >= 4 is 29.4 Å². The summed E-state index contributed by atoms with van der Waals surface area (Å²) in [5, 5.41) is 23.2. The first-order valence-corrected chi connectivity index (χ1v) is 17.0. The summed E-state index contributed by atoms with van der Waals surface area (Å²) in [6.45, 7) is 4.97. The van der Waals surface area contributed by atoms with Crippen LogP contribution in [0.2, 0.25) is 0 Å². The molecule has 11 heteroatoms. The zero-order chi connectivity index (χ0) is 32.3. The van der Waals surface area contributed by atoms with Crippen LogP contribution in [0.4, 0.5) is 5.69 Å². The molecule has 7 aliphatic rings. The molecule has 2 aliphatic heterocycles. The number of aliphatic hydroxyl groups is 2. The van der Waals surface area contributed by atoms with Crippen LogP contribution in [-0.2, 0) is 28.6 Å². The Morgan fingerprint density at radius 3 is 2.50 bits per heavy atom. The average molecular weight is 637 g/mol. The molecule has 7 bridgehead atoms. The molecule has 5 saturated carbocycles. The molecule has 2 amide bonds. The first-order valence-electron chi connectivity index (χ1n) is 17.0. The van der Waals surface area contributed by atoms with Crippen LogP contribution in [0.15, 0.2) is 24.3 Å². The summed E-state index contributed by atoms with van der Waals surface area (Å²) in [6, 6.07) is 6.48. The van der Waals surface area contributed by atoms with Crippen LogP contribution in [0, 0.1) is 40.4 Å². The van der Waals surface area contributed by atoms with Crippen molar-refractivity contribution in [1.29, 1.82) is 0 Å². The second-order valence-electron chi connectivity index (χ2n) is 15.0. The first-order chi connectivity index (χ1) is 22.1. The van der Waals surface area contributed by atoms with E-state index in [1.807, 2.05) is 0 Å². The smallest absolute Gasteiger partial charge is 0.340 e. The molecule has 11 nitrogen and oxygen atoms in total. The number of carbonyl (C=O) groups excluding carboxylic acids is 4. The molecule has 2 saturated heterocycles. The molecule has 1 aromatic rings. The Bertz CT molecular complexity index is 1480. The lowest BCUT2D eigenvalue weighted by Gasteiger charge is -2.69. The normalized spacial score (nSPS) is 45.2. The van der Waals surface area contributed by atoms with E-state index in [4.69, 9.17) is 14.2 Å². The maximum atomic E-state index is 14.6. The number of ether oxygens (including phenoxy) is 3. The van der Waals surface area contributed by atoms with E-state index in [1.54, 1.807) is 31.4 Å². The zero-order valence-electron chi connectivity index (χ0n) is 26.7. The number of anilines is 1. The van der Waals surface area contributed by atoms with Crippen LogP contribution in [0.5, 0.6) is 0 Å². The quantitative estimate of drug-likeness (QED) is 0.338. The molecule has 248 valence electrons. The van der Waals surface area contributed by atoms with Crippen molar-refractivity contribution in [2.24, 2.45) is 40.4 Å². The van der Waals surface area contributed by atoms with Crippen molar-refractivity contribution in [3.05, 3.63) is 29.8 Å². The van der Waals surface area contributed by atoms with Gasteiger partial charge in [-0.15, -0.1) is 0 Å². The summed E-state index contributed by atoms with van der Waals surface area (Å²) in [6.07, 6.45) is 1.69. The fourth-order valence-corrected chi connectivity index (χ4v) is 12.5. The Morgan fingerprint density at radius 2 is 1.83 bits per heavy atom. The molecule has 46 heavy (non-hydrogen) atoms. The number of hydrogen-bond donors (Lipinski definition) is 2. The predicted molar refractivity (Wildman–Crippen MR) is 162 cm³/mol. The summed E-state index contributed by atoms with van der Waals surface area (Å²) < 4.78 is 19.2. The van der Waals surface area contributed by atoms with E-state index in [-0.39, 0.29) is 89.7 Å². The van der Waals surface area contributed by atoms with Gasteiger partial charge in [-0.1, -0.05) is 19.1 Å². The first kappa shape index (κ1) is 30.5. The minimum absolute atomic E-state index is 0.0163. The Balaban J connectivity index is 1.31. The van der Waals surface area contributed by atoms with Gasteiger partial charge in [0.05, 0.1) is 30.1 Å². The third kappa shape index (κ3) is 3.63. The molecule has 5 aliphatic carbocycles. The molecule has 7 fully saturated rings. The number of hydrogen-bond acceptors (Lipinski definition) is 10. The van der Waals surface area contributed by atoms with Crippen LogP contribution < -0.4 is 4.90 Å².